The highest BCUT2D eigenvalue weighted by Gasteiger charge is 2.34. The lowest BCUT2D eigenvalue weighted by molar-refractivity contribution is -0.101. The van der Waals surface area contributed by atoms with E-state index in [-0.39, 0.29) is 18.3 Å². The van der Waals surface area contributed by atoms with Gasteiger partial charge in [0.1, 0.15) is 0 Å². The van der Waals surface area contributed by atoms with Crippen molar-refractivity contribution in [1.82, 2.24) is 0 Å². The molecule has 0 amide bonds. The van der Waals surface area contributed by atoms with E-state index in [4.69, 9.17) is 4.74 Å². The number of para-hydroxylation sites is 1. The van der Waals surface area contributed by atoms with Crippen LogP contribution in [-0.2, 0) is 4.74 Å². The molecule has 2 N–H and O–H groups in total. The number of benzene rings is 1. The average Bonchev–Trinajstić information content (AvgIpc) is 2.44. The highest BCUT2D eigenvalue weighted by Crippen LogP contribution is 2.32. The molecule has 0 saturated carbocycles. The quantitative estimate of drug-likeness (QED) is 0.886. The third-order valence-electron chi connectivity index (χ3n) is 3.71. The summed E-state index contributed by atoms with van der Waals surface area (Å²) in [6.45, 7) is 7.44. The molecule has 1 fully saturated rings. The lowest BCUT2D eigenvalue weighted by Crippen LogP contribution is -2.54. The van der Waals surface area contributed by atoms with Gasteiger partial charge < -0.3 is 19.8 Å². The fourth-order valence-corrected chi connectivity index (χ4v) is 2.85. The van der Waals surface area contributed by atoms with Gasteiger partial charge in [-0.2, -0.15) is 0 Å². The lowest BCUT2D eigenvalue weighted by Gasteiger charge is -2.44. The molecule has 1 unspecified atom stereocenters. The Hall–Kier alpha value is -1.10. The molecule has 4 heteroatoms. The summed E-state index contributed by atoms with van der Waals surface area (Å²) in [4.78, 5) is 2.21. The molecule has 20 heavy (non-hydrogen) atoms. The van der Waals surface area contributed by atoms with Crippen molar-refractivity contribution in [2.24, 2.45) is 0 Å². The van der Waals surface area contributed by atoms with Gasteiger partial charge in [0, 0.05) is 24.3 Å². The minimum Gasteiger partial charge on any atom is -0.394 e. The number of aliphatic hydroxyl groups is 2. The second kappa shape index (κ2) is 6.12. The topological polar surface area (TPSA) is 52.9 Å². The molecule has 0 aliphatic carbocycles. The van der Waals surface area contributed by atoms with Crippen molar-refractivity contribution >= 4 is 5.69 Å². The van der Waals surface area contributed by atoms with Gasteiger partial charge in [-0.05, 0) is 26.3 Å². The second-order valence-electron chi connectivity index (χ2n) is 6.05. The van der Waals surface area contributed by atoms with Crippen molar-refractivity contribution in [1.29, 1.82) is 0 Å². The molecule has 1 saturated heterocycles. The molecule has 112 valence electrons. The third-order valence-corrected chi connectivity index (χ3v) is 3.71. The van der Waals surface area contributed by atoms with Crippen LogP contribution in [0.5, 0.6) is 0 Å². The summed E-state index contributed by atoms with van der Waals surface area (Å²) in [5, 5.41) is 19.6. The van der Waals surface area contributed by atoms with Crippen molar-refractivity contribution in [3.8, 4) is 0 Å². The Balaban J connectivity index is 2.30. The Morgan fingerprint density at radius 1 is 1.40 bits per heavy atom. The number of anilines is 1. The van der Waals surface area contributed by atoms with Gasteiger partial charge >= 0.3 is 0 Å². The van der Waals surface area contributed by atoms with E-state index in [1.165, 1.54) is 0 Å². The molecule has 0 aromatic heterocycles. The highest BCUT2D eigenvalue weighted by molar-refractivity contribution is 5.55. The van der Waals surface area contributed by atoms with Crippen LogP contribution in [0.2, 0.25) is 0 Å². The summed E-state index contributed by atoms with van der Waals surface area (Å²) in [5.74, 6) is 0. The van der Waals surface area contributed by atoms with Crippen molar-refractivity contribution in [3.63, 3.8) is 0 Å². The fourth-order valence-electron chi connectivity index (χ4n) is 2.85. The van der Waals surface area contributed by atoms with E-state index in [1.807, 2.05) is 45.0 Å². The molecule has 1 aromatic rings. The molecule has 4 nitrogen and oxygen atoms in total. The van der Waals surface area contributed by atoms with Crippen molar-refractivity contribution in [2.45, 2.75) is 45.0 Å². The summed E-state index contributed by atoms with van der Waals surface area (Å²) in [6, 6.07) is 7.94. The van der Waals surface area contributed by atoms with Crippen LogP contribution in [0.25, 0.3) is 0 Å². The van der Waals surface area contributed by atoms with Crippen LogP contribution in [0.15, 0.2) is 24.3 Å². The number of hydrogen-bond acceptors (Lipinski definition) is 4. The zero-order chi connectivity index (χ0) is 14.8. The smallest absolute Gasteiger partial charge is 0.0988 e. The van der Waals surface area contributed by atoms with E-state index >= 15 is 0 Å². The minimum absolute atomic E-state index is 0.0123. The number of ether oxygens (including phenoxy) is 1. The van der Waals surface area contributed by atoms with Crippen molar-refractivity contribution < 1.29 is 14.9 Å². The van der Waals surface area contributed by atoms with Gasteiger partial charge in [0.25, 0.3) is 0 Å². The zero-order valence-corrected chi connectivity index (χ0v) is 12.5. The summed E-state index contributed by atoms with van der Waals surface area (Å²) in [5.41, 5.74) is 1.68. The van der Waals surface area contributed by atoms with Crippen LogP contribution in [0.3, 0.4) is 0 Å². The third kappa shape index (κ3) is 3.32. The Morgan fingerprint density at radius 2 is 2.10 bits per heavy atom. The van der Waals surface area contributed by atoms with Crippen LogP contribution in [0.1, 0.15) is 38.9 Å². The molecule has 0 spiro atoms. The summed E-state index contributed by atoms with van der Waals surface area (Å²) >= 11 is 0. The SMILES string of the molecule is CC[C@H](O)c1ccccc1N1CC(CO)OC(C)(C)C1. The predicted molar refractivity (Wildman–Crippen MR) is 79.9 cm³/mol. The van der Waals surface area contributed by atoms with E-state index in [2.05, 4.69) is 4.90 Å². The number of hydrogen-bond donors (Lipinski definition) is 2. The normalized spacial score (nSPS) is 23.6. The van der Waals surface area contributed by atoms with E-state index in [0.717, 1.165) is 17.8 Å². The van der Waals surface area contributed by atoms with Crippen LogP contribution < -0.4 is 4.90 Å². The molecule has 2 atom stereocenters. The zero-order valence-electron chi connectivity index (χ0n) is 12.5. The number of nitrogens with zero attached hydrogens (tertiary/aromatic N) is 1. The number of rotatable bonds is 4. The first-order valence-corrected chi connectivity index (χ1v) is 7.27. The summed E-state index contributed by atoms with van der Waals surface area (Å²) < 4.78 is 5.85. The molecule has 1 heterocycles. The van der Waals surface area contributed by atoms with Crippen LogP contribution in [0.4, 0.5) is 5.69 Å². The van der Waals surface area contributed by atoms with Crippen LogP contribution in [0, 0.1) is 0 Å². The molecule has 0 bridgehead atoms. The Labute approximate surface area is 121 Å². The lowest BCUT2D eigenvalue weighted by atomic mass is 10.00. The largest absolute Gasteiger partial charge is 0.394 e. The maximum Gasteiger partial charge on any atom is 0.0988 e. The number of aliphatic hydroxyl groups excluding tert-OH is 2. The maximum absolute atomic E-state index is 10.2. The Bertz CT molecular complexity index is 447. The van der Waals surface area contributed by atoms with Gasteiger partial charge in [-0.25, -0.2) is 0 Å². The molecule has 1 aliphatic heterocycles. The first-order chi connectivity index (χ1) is 9.46. The minimum atomic E-state index is -0.454. The van der Waals surface area contributed by atoms with Gasteiger partial charge in [0.15, 0.2) is 0 Å². The highest BCUT2D eigenvalue weighted by atomic mass is 16.5. The maximum atomic E-state index is 10.2. The van der Waals surface area contributed by atoms with Gasteiger partial charge in [-0.3, -0.25) is 0 Å². The molecule has 1 aromatic carbocycles. The van der Waals surface area contributed by atoms with Gasteiger partial charge in [-0.1, -0.05) is 25.1 Å². The monoisotopic (exact) mass is 279 g/mol. The van der Waals surface area contributed by atoms with Crippen molar-refractivity contribution in [2.75, 3.05) is 24.6 Å². The fraction of sp³-hybridized carbons (Fsp3) is 0.625. The average molecular weight is 279 g/mol. The predicted octanol–water partition coefficient (Wildman–Crippen LogP) is 2.11. The Morgan fingerprint density at radius 3 is 2.75 bits per heavy atom. The van der Waals surface area contributed by atoms with E-state index < -0.39 is 6.10 Å². The molecule has 1 aliphatic rings. The molecular weight excluding hydrogens is 254 g/mol. The van der Waals surface area contributed by atoms with Gasteiger partial charge in [0.05, 0.1) is 24.4 Å². The summed E-state index contributed by atoms with van der Waals surface area (Å²) in [6.07, 6.45) is 0.0454. The van der Waals surface area contributed by atoms with E-state index in [1.54, 1.807) is 0 Å². The van der Waals surface area contributed by atoms with Crippen molar-refractivity contribution in [3.05, 3.63) is 29.8 Å². The first kappa shape index (κ1) is 15.3. The van der Waals surface area contributed by atoms with E-state index in [0.29, 0.717) is 13.0 Å². The van der Waals surface area contributed by atoms with E-state index in [9.17, 15) is 10.2 Å². The van der Waals surface area contributed by atoms with Gasteiger partial charge in [0.2, 0.25) is 0 Å². The van der Waals surface area contributed by atoms with Gasteiger partial charge in [-0.15, -0.1) is 0 Å². The molecular formula is C16H25NO3. The Kier molecular flexibility index (Phi) is 4.68. The molecule has 0 radical (unpaired) electrons. The first-order valence-electron chi connectivity index (χ1n) is 7.27. The number of morpholine rings is 1. The summed E-state index contributed by atoms with van der Waals surface area (Å²) in [7, 11) is 0. The standard InChI is InChI=1S/C16H25NO3/c1-4-15(19)13-7-5-6-8-14(13)17-9-12(10-18)20-16(2,3)11-17/h5-8,12,15,18-19H,4,9-11H2,1-3H3/t12?,15-/m0/s1. The molecule has 2 rings (SSSR count). The van der Waals surface area contributed by atoms with Crippen LogP contribution in [-0.4, -0.2) is 41.6 Å². The second-order valence-corrected chi connectivity index (χ2v) is 6.05. The van der Waals surface area contributed by atoms with Crippen LogP contribution >= 0.6 is 0 Å².